The molecule has 1 fully saturated rings. The Morgan fingerprint density at radius 2 is 1.46 bits per heavy atom. The zero-order valence-corrected chi connectivity index (χ0v) is 25.9. The average molecular weight is 556 g/mol. The number of benzene rings is 3. The molecule has 1 N–H and O–H groups in total. The van der Waals surface area contributed by atoms with Crippen LogP contribution >= 0.6 is 0 Å². The lowest BCUT2D eigenvalue weighted by molar-refractivity contribution is -0.163. The third-order valence-electron chi connectivity index (χ3n) is 9.24. The van der Waals surface area contributed by atoms with Crippen LogP contribution in [0.25, 0.3) is 0 Å². The number of aliphatic hydroxyl groups excluding tert-OH is 1. The van der Waals surface area contributed by atoms with E-state index in [2.05, 4.69) is 75.9 Å². The lowest BCUT2D eigenvalue weighted by atomic mass is 9.81. The fourth-order valence-corrected chi connectivity index (χ4v) is 6.55. The molecule has 0 amide bonds. The molecular weight excluding hydrogens is 506 g/mol. The van der Waals surface area contributed by atoms with E-state index < -0.39 is 18.1 Å². The zero-order chi connectivity index (χ0) is 29.5. The highest BCUT2D eigenvalue weighted by atomic mass is 16.5. The van der Waals surface area contributed by atoms with Crippen molar-refractivity contribution >= 4 is 5.97 Å². The van der Waals surface area contributed by atoms with Crippen LogP contribution < -0.4 is 0 Å². The number of aliphatic hydroxyl groups is 1. The highest BCUT2D eigenvalue weighted by Gasteiger charge is 2.35. The van der Waals surface area contributed by atoms with Gasteiger partial charge in [-0.3, -0.25) is 9.69 Å². The van der Waals surface area contributed by atoms with Crippen molar-refractivity contribution in [2.75, 3.05) is 0 Å². The molecule has 4 rings (SSSR count). The van der Waals surface area contributed by atoms with Crippen molar-refractivity contribution in [3.63, 3.8) is 0 Å². The lowest BCUT2D eigenvalue weighted by Gasteiger charge is -2.37. The van der Waals surface area contributed by atoms with Gasteiger partial charge in [0.25, 0.3) is 0 Å². The van der Waals surface area contributed by atoms with Crippen molar-refractivity contribution < 1.29 is 14.6 Å². The molecule has 41 heavy (non-hydrogen) atoms. The minimum absolute atomic E-state index is 0.111. The number of rotatable bonds is 11. The van der Waals surface area contributed by atoms with Crippen molar-refractivity contribution in [1.29, 1.82) is 0 Å². The molecule has 0 radical (unpaired) electrons. The Kier molecular flexibility index (Phi) is 10.8. The number of hydrogen-bond acceptors (Lipinski definition) is 4. The first kappa shape index (κ1) is 31.0. The van der Waals surface area contributed by atoms with E-state index in [9.17, 15) is 9.90 Å². The largest absolute Gasteiger partial charge is 0.456 e. The molecule has 1 aliphatic rings. The number of carbonyl (C=O) groups is 1. The topological polar surface area (TPSA) is 49.8 Å². The molecule has 0 unspecified atom stereocenters. The second kappa shape index (κ2) is 14.3. The molecule has 0 saturated heterocycles. The number of ether oxygens (including phenoxy) is 1. The molecule has 4 heteroatoms. The normalized spacial score (nSPS) is 17.2. The molecule has 3 aromatic rings. The van der Waals surface area contributed by atoms with E-state index in [1.165, 1.54) is 39.8 Å². The van der Waals surface area contributed by atoms with Crippen LogP contribution in [0.1, 0.15) is 91.0 Å². The van der Waals surface area contributed by atoms with Gasteiger partial charge in [-0.2, -0.15) is 0 Å². The molecule has 4 atom stereocenters. The highest BCUT2D eigenvalue weighted by Crippen LogP contribution is 2.33. The van der Waals surface area contributed by atoms with Gasteiger partial charge >= 0.3 is 5.97 Å². The predicted octanol–water partition coefficient (Wildman–Crippen LogP) is 8.17. The Bertz CT molecular complexity index is 1260. The number of nitrogens with zero attached hydrogens (tertiary/aromatic N) is 1. The molecule has 0 aliphatic heterocycles. The minimum Gasteiger partial charge on any atom is -0.456 e. The second-order valence-electron chi connectivity index (χ2n) is 12.4. The summed E-state index contributed by atoms with van der Waals surface area (Å²) in [6.07, 6.45) is 4.28. The quantitative estimate of drug-likeness (QED) is 0.242. The van der Waals surface area contributed by atoms with Crippen LogP contribution in [-0.4, -0.2) is 28.1 Å². The van der Waals surface area contributed by atoms with Crippen molar-refractivity contribution in [3.05, 3.63) is 106 Å². The van der Waals surface area contributed by atoms with Crippen LogP contribution in [0, 0.1) is 39.5 Å². The Morgan fingerprint density at radius 3 is 2.10 bits per heavy atom. The molecule has 0 spiro atoms. The van der Waals surface area contributed by atoms with E-state index in [0.717, 1.165) is 44.3 Å². The first-order chi connectivity index (χ1) is 19.7. The molecule has 0 bridgehead atoms. The van der Waals surface area contributed by atoms with Gasteiger partial charge < -0.3 is 9.84 Å². The minimum atomic E-state index is -0.671. The molecule has 3 aromatic carbocycles. The van der Waals surface area contributed by atoms with Crippen LogP contribution in [0.2, 0.25) is 0 Å². The summed E-state index contributed by atoms with van der Waals surface area (Å²) in [7, 11) is 0. The van der Waals surface area contributed by atoms with Crippen molar-refractivity contribution in [3.8, 4) is 0 Å². The van der Waals surface area contributed by atoms with Crippen LogP contribution in [0.3, 0.4) is 0 Å². The number of aryl methyl sites for hydroxylation is 4. The Hall–Kier alpha value is -2.95. The summed E-state index contributed by atoms with van der Waals surface area (Å²) in [6.45, 7) is 14.2. The Morgan fingerprint density at radius 1 is 0.854 bits per heavy atom. The fraction of sp³-hybridized carbons (Fsp3) is 0.486. The van der Waals surface area contributed by atoms with Crippen LogP contribution in [-0.2, 0) is 22.6 Å². The van der Waals surface area contributed by atoms with Crippen molar-refractivity contribution in [1.82, 2.24) is 4.90 Å². The van der Waals surface area contributed by atoms with Crippen molar-refractivity contribution in [2.24, 2.45) is 11.8 Å². The standard InChI is InChI=1S/C37H49NO3/c1-25-21-27(3)34(28(4)22-25)24-38(23-33-20-14-13-15-26(33)2)30(6)36(32-18-11-8-12-19-32)41-37(40)29(5)35(39)31-16-9-7-10-17-31/h8,11-15,18-22,29-31,35-36,39H,7,9-10,16-17,23-24H2,1-6H3/t29-,30-,35-,36-/m0/s1. The smallest absolute Gasteiger partial charge is 0.311 e. The van der Waals surface area contributed by atoms with Gasteiger partial charge in [0.2, 0.25) is 0 Å². The maximum atomic E-state index is 13.7. The van der Waals surface area contributed by atoms with Gasteiger partial charge in [-0.15, -0.1) is 0 Å². The molecule has 220 valence electrons. The summed E-state index contributed by atoms with van der Waals surface area (Å²) in [4.78, 5) is 16.1. The fourth-order valence-electron chi connectivity index (χ4n) is 6.55. The van der Waals surface area contributed by atoms with E-state index >= 15 is 0 Å². The lowest BCUT2D eigenvalue weighted by Crippen LogP contribution is -2.41. The number of esters is 1. The maximum absolute atomic E-state index is 13.7. The van der Waals surface area contributed by atoms with Crippen LogP contribution in [0.4, 0.5) is 0 Å². The summed E-state index contributed by atoms with van der Waals surface area (Å²) in [5.41, 5.74) is 8.63. The van der Waals surface area contributed by atoms with Gasteiger partial charge in [-0.25, -0.2) is 0 Å². The summed E-state index contributed by atoms with van der Waals surface area (Å²) in [5, 5.41) is 11.1. The predicted molar refractivity (Wildman–Crippen MR) is 168 cm³/mol. The maximum Gasteiger partial charge on any atom is 0.311 e. The zero-order valence-electron chi connectivity index (χ0n) is 25.9. The molecule has 4 nitrogen and oxygen atoms in total. The third kappa shape index (κ3) is 7.87. The summed E-state index contributed by atoms with van der Waals surface area (Å²) >= 11 is 0. The van der Waals surface area contributed by atoms with Crippen LogP contribution in [0.15, 0.2) is 66.7 Å². The highest BCUT2D eigenvalue weighted by molar-refractivity contribution is 5.73. The van der Waals surface area contributed by atoms with Gasteiger partial charge in [0.15, 0.2) is 0 Å². The number of carbonyl (C=O) groups excluding carboxylic acids is 1. The second-order valence-corrected chi connectivity index (χ2v) is 12.4. The van der Waals surface area contributed by atoms with E-state index in [1.807, 2.05) is 37.3 Å². The van der Waals surface area contributed by atoms with E-state index in [4.69, 9.17) is 4.74 Å². The van der Waals surface area contributed by atoms with Gasteiger partial charge in [0.1, 0.15) is 6.10 Å². The van der Waals surface area contributed by atoms with E-state index in [-0.39, 0.29) is 17.9 Å². The van der Waals surface area contributed by atoms with Gasteiger partial charge in [-0.1, -0.05) is 91.6 Å². The summed E-state index contributed by atoms with van der Waals surface area (Å²) < 4.78 is 6.40. The first-order valence-electron chi connectivity index (χ1n) is 15.4. The van der Waals surface area contributed by atoms with Crippen LogP contribution in [0.5, 0.6) is 0 Å². The van der Waals surface area contributed by atoms with E-state index in [1.54, 1.807) is 0 Å². The summed E-state index contributed by atoms with van der Waals surface area (Å²) in [5.74, 6) is -0.714. The Balaban J connectivity index is 1.66. The van der Waals surface area contributed by atoms with E-state index in [0.29, 0.717) is 0 Å². The van der Waals surface area contributed by atoms with Gasteiger partial charge in [0, 0.05) is 19.1 Å². The SMILES string of the molecule is Cc1cc(C)c(CN(Cc2ccccc2C)[C@@H](C)[C@H](OC(=O)[C@@H](C)[C@H](O)C2CCCCC2)c2ccccc2)c(C)c1. The monoisotopic (exact) mass is 555 g/mol. The summed E-state index contributed by atoms with van der Waals surface area (Å²) in [6, 6.07) is 23.0. The Labute approximate surface area is 247 Å². The van der Waals surface area contributed by atoms with Crippen molar-refractivity contribution in [2.45, 2.75) is 105 Å². The third-order valence-corrected chi connectivity index (χ3v) is 9.24. The molecular formula is C37H49NO3. The number of hydrogen-bond donors (Lipinski definition) is 1. The molecule has 1 aliphatic carbocycles. The van der Waals surface area contributed by atoms with Gasteiger partial charge in [0.05, 0.1) is 12.0 Å². The molecule has 0 heterocycles. The first-order valence-corrected chi connectivity index (χ1v) is 15.4. The molecule has 1 saturated carbocycles. The average Bonchev–Trinajstić information content (AvgIpc) is 2.97. The van der Waals surface area contributed by atoms with Gasteiger partial charge in [-0.05, 0) is 93.7 Å². The molecule has 0 aromatic heterocycles.